The van der Waals surface area contributed by atoms with Crippen molar-refractivity contribution in [3.8, 4) is 5.75 Å². The van der Waals surface area contributed by atoms with Gasteiger partial charge in [0.15, 0.2) is 0 Å². The lowest BCUT2D eigenvalue weighted by Gasteiger charge is -2.06. The lowest BCUT2D eigenvalue weighted by molar-refractivity contribution is 0.0697. The van der Waals surface area contributed by atoms with Crippen molar-refractivity contribution in [2.75, 3.05) is 5.43 Å². The van der Waals surface area contributed by atoms with E-state index in [0.717, 1.165) is 4.47 Å². The molecule has 0 bridgehead atoms. The maximum absolute atomic E-state index is 10.9. The van der Waals surface area contributed by atoms with Crippen molar-refractivity contribution in [1.82, 2.24) is 0 Å². The molecule has 5 nitrogen and oxygen atoms in total. The average Bonchev–Trinajstić information content (AvgIpc) is 2.45. The minimum absolute atomic E-state index is 0.0409. The number of nitrogens with one attached hydrogen (secondary N) is 1. The summed E-state index contributed by atoms with van der Waals surface area (Å²) in [4.78, 5) is 10.9. The number of carbonyl (C=O) groups is 1. The Hall–Kier alpha value is -1.57. The molecular formula is C14H9Br2ClN2O3. The Balaban J connectivity index is 2.23. The number of phenols is 1. The van der Waals surface area contributed by atoms with Gasteiger partial charge in [0, 0.05) is 10.0 Å². The van der Waals surface area contributed by atoms with Crippen LogP contribution >= 0.6 is 43.5 Å². The minimum atomic E-state index is -1.06. The fourth-order valence-electron chi connectivity index (χ4n) is 1.60. The van der Waals surface area contributed by atoms with E-state index in [9.17, 15) is 9.90 Å². The van der Waals surface area contributed by atoms with Gasteiger partial charge >= 0.3 is 5.97 Å². The van der Waals surface area contributed by atoms with E-state index in [0.29, 0.717) is 20.7 Å². The van der Waals surface area contributed by atoms with Crippen LogP contribution in [0.15, 0.2) is 44.4 Å². The molecule has 3 N–H and O–H groups in total. The maximum Gasteiger partial charge on any atom is 0.335 e. The summed E-state index contributed by atoms with van der Waals surface area (Å²) in [5.41, 5.74) is 3.57. The normalized spacial score (nSPS) is 10.9. The fraction of sp³-hybridized carbons (Fsp3) is 0. The first-order chi connectivity index (χ1) is 10.4. The molecule has 0 heterocycles. The van der Waals surface area contributed by atoms with E-state index in [-0.39, 0.29) is 11.3 Å². The van der Waals surface area contributed by atoms with Crippen LogP contribution in [-0.4, -0.2) is 22.4 Å². The molecule has 0 amide bonds. The molecule has 2 aromatic rings. The Kier molecular flexibility index (Phi) is 5.44. The van der Waals surface area contributed by atoms with Crippen molar-refractivity contribution in [3.05, 3.63) is 55.4 Å². The number of anilines is 1. The van der Waals surface area contributed by atoms with Crippen molar-refractivity contribution >= 4 is 61.3 Å². The lowest BCUT2D eigenvalue weighted by Crippen LogP contribution is -1.98. The Morgan fingerprint density at radius 3 is 2.68 bits per heavy atom. The first-order valence-corrected chi connectivity index (χ1v) is 7.85. The molecule has 0 fully saturated rings. The predicted octanol–water partition coefficient (Wildman–Crippen LogP) is 4.71. The topological polar surface area (TPSA) is 81.9 Å². The van der Waals surface area contributed by atoms with Crippen molar-refractivity contribution in [3.63, 3.8) is 0 Å². The van der Waals surface area contributed by atoms with E-state index < -0.39 is 5.97 Å². The van der Waals surface area contributed by atoms with Crippen LogP contribution in [0.25, 0.3) is 0 Å². The third-order valence-corrected chi connectivity index (χ3v) is 4.05. The van der Waals surface area contributed by atoms with Gasteiger partial charge in [0.1, 0.15) is 5.75 Å². The van der Waals surface area contributed by atoms with Crippen LogP contribution in [0.5, 0.6) is 5.75 Å². The van der Waals surface area contributed by atoms with E-state index in [1.807, 2.05) is 0 Å². The lowest BCUT2D eigenvalue weighted by atomic mass is 10.2. The number of carboxylic acids is 1. The van der Waals surface area contributed by atoms with E-state index in [1.165, 1.54) is 24.4 Å². The molecule has 8 heteroatoms. The molecule has 0 radical (unpaired) electrons. The van der Waals surface area contributed by atoms with E-state index >= 15 is 0 Å². The monoisotopic (exact) mass is 446 g/mol. The Morgan fingerprint density at radius 1 is 1.27 bits per heavy atom. The molecule has 2 aromatic carbocycles. The van der Waals surface area contributed by atoms with Gasteiger partial charge in [-0.05, 0) is 46.3 Å². The molecule has 0 atom stereocenters. The van der Waals surface area contributed by atoms with Crippen molar-refractivity contribution in [1.29, 1.82) is 0 Å². The molecule has 0 saturated carbocycles. The Bertz CT molecular complexity index is 766. The number of hydrogen-bond acceptors (Lipinski definition) is 4. The van der Waals surface area contributed by atoms with Crippen LogP contribution in [0.3, 0.4) is 0 Å². The Labute approximate surface area is 147 Å². The number of carboxylic acid groups (broad SMARTS) is 1. The second kappa shape index (κ2) is 7.13. The molecule has 0 aliphatic carbocycles. The summed E-state index contributed by atoms with van der Waals surface area (Å²) in [5, 5.41) is 23.1. The second-order valence-corrected chi connectivity index (χ2v) is 6.37. The van der Waals surface area contributed by atoms with Crippen LogP contribution in [0.2, 0.25) is 5.02 Å². The van der Waals surface area contributed by atoms with Gasteiger partial charge in [0.2, 0.25) is 0 Å². The first-order valence-electron chi connectivity index (χ1n) is 5.88. The molecule has 114 valence electrons. The van der Waals surface area contributed by atoms with Gasteiger partial charge in [-0.1, -0.05) is 27.5 Å². The third-order valence-electron chi connectivity index (χ3n) is 2.66. The summed E-state index contributed by atoms with van der Waals surface area (Å²) < 4.78 is 1.29. The van der Waals surface area contributed by atoms with Crippen LogP contribution in [0.1, 0.15) is 15.9 Å². The highest BCUT2D eigenvalue weighted by atomic mass is 79.9. The van der Waals surface area contributed by atoms with Crippen molar-refractivity contribution in [2.24, 2.45) is 5.10 Å². The van der Waals surface area contributed by atoms with Crippen LogP contribution in [0, 0.1) is 0 Å². The number of benzene rings is 2. The van der Waals surface area contributed by atoms with Gasteiger partial charge in [-0.25, -0.2) is 4.79 Å². The Morgan fingerprint density at radius 2 is 2.00 bits per heavy atom. The zero-order valence-corrected chi connectivity index (χ0v) is 14.8. The molecule has 0 unspecified atom stereocenters. The van der Waals surface area contributed by atoms with E-state index in [4.69, 9.17) is 16.7 Å². The van der Waals surface area contributed by atoms with Crippen molar-refractivity contribution < 1.29 is 15.0 Å². The highest BCUT2D eigenvalue weighted by molar-refractivity contribution is 9.11. The first kappa shape index (κ1) is 16.8. The number of rotatable bonds is 4. The number of hydrazone groups is 1. The largest absolute Gasteiger partial charge is 0.506 e. The SMILES string of the molecule is O=C(O)c1ccc(Cl)c(N/N=C/c2cc(Br)cc(Br)c2O)c1. The molecule has 22 heavy (non-hydrogen) atoms. The molecule has 2 rings (SSSR count). The maximum atomic E-state index is 10.9. The summed E-state index contributed by atoms with van der Waals surface area (Å²) in [6, 6.07) is 7.62. The summed E-state index contributed by atoms with van der Waals surface area (Å²) in [6.45, 7) is 0. The number of phenolic OH excluding ortho intramolecular Hbond substituents is 1. The van der Waals surface area contributed by atoms with Gasteiger partial charge in [-0.15, -0.1) is 0 Å². The van der Waals surface area contributed by atoms with Gasteiger partial charge < -0.3 is 10.2 Å². The standard InChI is InChI=1S/C14H9Br2ClN2O3/c15-9-3-8(13(20)10(16)5-9)6-18-19-12-4-7(14(21)22)1-2-11(12)17/h1-6,19-20H,(H,21,22)/b18-6+. The molecule has 0 aliphatic heterocycles. The summed E-state index contributed by atoms with van der Waals surface area (Å²) >= 11 is 12.5. The second-order valence-electron chi connectivity index (χ2n) is 4.20. The number of aromatic hydroxyl groups is 1. The van der Waals surface area contributed by atoms with Crippen LogP contribution in [0.4, 0.5) is 5.69 Å². The average molecular weight is 448 g/mol. The van der Waals surface area contributed by atoms with Crippen LogP contribution < -0.4 is 5.43 Å². The highest BCUT2D eigenvalue weighted by Gasteiger charge is 2.07. The zero-order valence-electron chi connectivity index (χ0n) is 10.8. The quantitative estimate of drug-likeness (QED) is 0.467. The molecule has 0 saturated heterocycles. The molecule has 0 aromatic heterocycles. The number of aromatic carboxylic acids is 1. The van der Waals surface area contributed by atoms with Crippen LogP contribution in [-0.2, 0) is 0 Å². The van der Waals surface area contributed by atoms with Crippen molar-refractivity contribution in [2.45, 2.75) is 0 Å². The highest BCUT2D eigenvalue weighted by Crippen LogP contribution is 2.30. The minimum Gasteiger partial charge on any atom is -0.506 e. The third kappa shape index (κ3) is 4.00. The number of halogens is 3. The number of nitrogens with zero attached hydrogens (tertiary/aromatic N) is 1. The van der Waals surface area contributed by atoms with E-state index in [2.05, 4.69) is 42.4 Å². The fourth-order valence-corrected chi connectivity index (χ4v) is 3.02. The van der Waals surface area contributed by atoms with Gasteiger partial charge in [0.25, 0.3) is 0 Å². The molecule has 0 spiro atoms. The van der Waals surface area contributed by atoms with E-state index in [1.54, 1.807) is 12.1 Å². The van der Waals surface area contributed by atoms with Gasteiger partial charge in [-0.3, -0.25) is 5.43 Å². The van der Waals surface area contributed by atoms with Gasteiger partial charge in [-0.2, -0.15) is 5.10 Å². The molecule has 0 aliphatic rings. The van der Waals surface area contributed by atoms with Gasteiger partial charge in [0.05, 0.1) is 27.0 Å². The summed E-state index contributed by atoms with van der Waals surface area (Å²) in [7, 11) is 0. The summed E-state index contributed by atoms with van der Waals surface area (Å²) in [6.07, 6.45) is 1.40. The zero-order chi connectivity index (χ0) is 16.3. The number of hydrogen-bond donors (Lipinski definition) is 3. The predicted molar refractivity (Wildman–Crippen MR) is 93.1 cm³/mol. The molecular weight excluding hydrogens is 439 g/mol. The summed E-state index contributed by atoms with van der Waals surface area (Å²) in [5.74, 6) is -1.02. The smallest absolute Gasteiger partial charge is 0.335 e.